The van der Waals surface area contributed by atoms with E-state index < -0.39 is 0 Å². The lowest BCUT2D eigenvalue weighted by atomic mass is 9.48. The van der Waals surface area contributed by atoms with Crippen molar-refractivity contribution in [3.63, 3.8) is 0 Å². The summed E-state index contributed by atoms with van der Waals surface area (Å²) in [5.41, 5.74) is 1.87. The highest BCUT2D eigenvalue weighted by atomic mass is 16.6. The second kappa shape index (κ2) is 5.66. The van der Waals surface area contributed by atoms with Gasteiger partial charge in [0.25, 0.3) is 0 Å². The maximum absolute atomic E-state index is 5.72. The third-order valence-electron chi connectivity index (χ3n) is 7.22. The number of hydrogen-bond acceptors (Lipinski definition) is 3. The SMILES string of the molecule is CC(NCc1ccc2c(c1)OCCO2)C12CC3CC(CC(C3)C1)C2. The van der Waals surface area contributed by atoms with Crippen LogP contribution in [0.3, 0.4) is 0 Å². The predicted molar refractivity (Wildman–Crippen MR) is 94.3 cm³/mol. The molecular formula is C21H29NO2. The maximum Gasteiger partial charge on any atom is 0.161 e. The van der Waals surface area contributed by atoms with Crippen LogP contribution in [0.5, 0.6) is 11.5 Å². The molecule has 130 valence electrons. The van der Waals surface area contributed by atoms with Crippen molar-refractivity contribution in [3.8, 4) is 11.5 Å². The van der Waals surface area contributed by atoms with Gasteiger partial charge in [0.15, 0.2) is 11.5 Å². The molecule has 0 aromatic heterocycles. The van der Waals surface area contributed by atoms with Gasteiger partial charge in [0.2, 0.25) is 0 Å². The molecule has 0 spiro atoms. The Morgan fingerprint density at radius 2 is 1.62 bits per heavy atom. The lowest BCUT2D eigenvalue weighted by molar-refractivity contribution is -0.0706. The summed E-state index contributed by atoms with van der Waals surface area (Å²) in [6.07, 6.45) is 8.97. The van der Waals surface area contributed by atoms with Crippen molar-refractivity contribution in [1.82, 2.24) is 5.32 Å². The Hall–Kier alpha value is -1.22. The summed E-state index contributed by atoms with van der Waals surface area (Å²) in [5, 5.41) is 3.87. The van der Waals surface area contributed by atoms with Gasteiger partial charge in [-0.2, -0.15) is 0 Å². The van der Waals surface area contributed by atoms with Crippen LogP contribution in [0.4, 0.5) is 0 Å². The molecule has 4 bridgehead atoms. The number of fused-ring (bicyclic) bond motifs is 1. The second-order valence-corrected chi connectivity index (χ2v) is 8.86. The van der Waals surface area contributed by atoms with E-state index in [4.69, 9.17) is 9.47 Å². The Balaban J connectivity index is 1.27. The summed E-state index contributed by atoms with van der Waals surface area (Å²) >= 11 is 0. The smallest absolute Gasteiger partial charge is 0.161 e. The Morgan fingerprint density at radius 3 is 2.29 bits per heavy atom. The van der Waals surface area contributed by atoms with E-state index in [9.17, 15) is 0 Å². The van der Waals surface area contributed by atoms with Gasteiger partial charge in [0.05, 0.1) is 0 Å². The number of ether oxygens (including phenoxy) is 2. The van der Waals surface area contributed by atoms with Gasteiger partial charge in [-0.15, -0.1) is 0 Å². The van der Waals surface area contributed by atoms with Crippen LogP contribution in [0.25, 0.3) is 0 Å². The third-order valence-corrected chi connectivity index (χ3v) is 7.22. The highest BCUT2D eigenvalue weighted by molar-refractivity contribution is 5.43. The van der Waals surface area contributed by atoms with Gasteiger partial charge in [-0.3, -0.25) is 0 Å². The molecule has 4 saturated carbocycles. The molecule has 0 radical (unpaired) electrons. The molecule has 1 aliphatic heterocycles. The van der Waals surface area contributed by atoms with E-state index in [0.29, 0.717) is 24.7 Å². The zero-order chi connectivity index (χ0) is 16.1. The fourth-order valence-corrected chi connectivity index (χ4v) is 6.39. The molecule has 1 unspecified atom stereocenters. The third kappa shape index (κ3) is 2.52. The summed E-state index contributed by atoms with van der Waals surface area (Å²) in [7, 11) is 0. The Labute approximate surface area is 145 Å². The summed E-state index contributed by atoms with van der Waals surface area (Å²) in [6.45, 7) is 4.69. The Kier molecular flexibility index (Phi) is 3.55. The summed E-state index contributed by atoms with van der Waals surface area (Å²) in [5.74, 6) is 4.86. The highest BCUT2D eigenvalue weighted by Gasteiger charge is 2.52. The molecule has 0 saturated heterocycles. The molecule has 1 aromatic rings. The van der Waals surface area contributed by atoms with Crippen molar-refractivity contribution in [2.24, 2.45) is 23.2 Å². The minimum atomic E-state index is 0.572. The topological polar surface area (TPSA) is 30.5 Å². The van der Waals surface area contributed by atoms with Gasteiger partial charge in [0, 0.05) is 12.6 Å². The van der Waals surface area contributed by atoms with Crippen molar-refractivity contribution in [1.29, 1.82) is 0 Å². The van der Waals surface area contributed by atoms with Crippen LogP contribution >= 0.6 is 0 Å². The first-order valence-electron chi connectivity index (χ1n) is 9.82. The molecule has 3 heteroatoms. The standard InChI is InChI=1S/C21H29NO2/c1-14(21-10-16-6-17(11-21)8-18(7-16)12-21)22-13-15-2-3-19-20(9-15)24-5-4-23-19/h2-3,9,14,16-18,22H,4-8,10-13H2,1H3. The largest absolute Gasteiger partial charge is 0.486 e. The van der Waals surface area contributed by atoms with E-state index in [1.807, 2.05) is 0 Å². The summed E-state index contributed by atoms with van der Waals surface area (Å²) in [4.78, 5) is 0. The van der Waals surface area contributed by atoms with Crippen molar-refractivity contribution >= 4 is 0 Å². The van der Waals surface area contributed by atoms with Crippen LogP contribution in [0.1, 0.15) is 51.0 Å². The molecule has 4 fully saturated rings. The average molecular weight is 327 g/mol. The van der Waals surface area contributed by atoms with Crippen LogP contribution in [0.15, 0.2) is 18.2 Å². The molecule has 0 amide bonds. The van der Waals surface area contributed by atoms with Crippen LogP contribution in [0, 0.1) is 23.2 Å². The minimum Gasteiger partial charge on any atom is -0.486 e. The van der Waals surface area contributed by atoms with Crippen LogP contribution < -0.4 is 14.8 Å². The van der Waals surface area contributed by atoms with Crippen molar-refractivity contribution in [3.05, 3.63) is 23.8 Å². The molecule has 1 N–H and O–H groups in total. The Morgan fingerprint density at radius 1 is 1.00 bits per heavy atom. The number of benzene rings is 1. The van der Waals surface area contributed by atoms with Gasteiger partial charge >= 0.3 is 0 Å². The van der Waals surface area contributed by atoms with Crippen molar-refractivity contribution in [2.75, 3.05) is 13.2 Å². The monoisotopic (exact) mass is 327 g/mol. The number of nitrogens with one attached hydrogen (secondary N) is 1. The molecule has 6 rings (SSSR count). The molecule has 5 aliphatic rings. The van der Waals surface area contributed by atoms with Gasteiger partial charge in [0.1, 0.15) is 13.2 Å². The van der Waals surface area contributed by atoms with Crippen molar-refractivity contribution < 1.29 is 9.47 Å². The summed E-state index contributed by atoms with van der Waals surface area (Å²) < 4.78 is 11.3. The zero-order valence-corrected chi connectivity index (χ0v) is 14.7. The molecule has 4 aliphatic carbocycles. The molecule has 1 heterocycles. The fourth-order valence-electron chi connectivity index (χ4n) is 6.39. The summed E-state index contributed by atoms with van der Waals surface area (Å²) in [6, 6.07) is 6.99. The predicted octanol–water partition coefficient (Wildman–Crippen LogP) is 4.15. The highest BCUT2D eigenvalue weighted by Crippen LogP contribution is 2.61. The normalized spacial score (nSPS) is 37.5. The minimum absolute atomic E-state index is 0.572. The number of rotatable bonds is 4. The molecule has 1 atom stereocenters. The molecular weight excluding hydrogens is 298 g/mol. The first-order chi connectivity index (χ1) is 11.7. The second-order valence-electron chi connectivity index (χ2n) is 8.86. The first-order valence-corrected chi connectivity index (χ1v) is 9.82. The van der Waals surface area contributed by atoms with E-state index >= 15 is 0 Å². The number of hydrogen-bond donors (Lipinski definition) is 1. The van der Waals surface area contributed by atoms with Gasteiger partial charge < -0.3 is 14.8 Å². The lowest BCUT2D eigenvalue weighted by Gasteiger charge is -2.59. The van der Waals surface area contributed by atoms with E-state index in [2.05, 4.69) is 30.4 Å². The van der Waals surface area contributed by atoms with Gasteiger partial charge in [-0.1, -0.05) is 6.07 Å². The van der Waals surface area contributed by atoms with Crippen LogP contribution in [0.2, 0.25) is 0 Å². The van der Waals surface area contributed by atoms with E-state index in [1.165, 1.54) is 44.1 Å². The van der Waals surface area contributed by atoms with E-state index in [-0.39, 0.29) is 0 Å². The quantitative estimate of drug-likeness (QED) is 0.901. The first kappa shape index (κ1) is 15.1. The molecule has 24 heavy (non-hydrogen) atoms. The average Bonchev–Trinajstić information content (AvgIpc) is 2.58. The Bertz CT molecular complexity index is 591. The fraction of sp³-hybridized carbons (Fsp3) is 0.714. The van der Waals surface area contributed by atoms with E-state index in [1.54, 1.807) is 0 Å². The van der Waals surface area contributed by atoms with Gasteiger partial charge in [-0.05, 0) is 86.3 Å². The molecule has 1 aromatic carbocycles. The van der Waals surface area contributed by atoms with Crippen LogP contribution in [-0.2, 0) is 6.54 Å². The molecule has 3 nitrogen and oxygen atoms in total. The zero-order valence-electron chi connectivity index (χ0n) is 14.7. The van der Waals surface area contributed by atoms with E-state index in [0.717, 1.165) is 35.8 Å². The van der Waals surface area contributed by atoms with Crippen molar-refractivity contribution in [2.45, 2.75) is 58.0 Å². The van der Waals surface area contributed by atoms with Crippen LogP contribution in [-0.4, -0.2) is 19.3 Å². The maximum atomic E-state index is 5.72. The van der Waals surface area contributed by atoms with Gasteiger partial charge in [-0.25, -0.2) is 0 Å². The lowest BCUT2D eigenvalue weighted by Crippen LogP contribution is -2.54.